The molecule has 1 aromatic rings. The number of hydrogen-bond donors (Lipinski definition) is 1. The van der Waals surface area contributed by atoms with E-state index in [-0.39, 0.29) is 23.4 Å². The summed E-state index contributed by atoms with van der Waals surface area (Å²) in [5.41, 5.74) is 0. The Kier molecular flexibility index (Phi) is 3.45. The Balaban J connectivity index is 2.02. The molecule has 16 heavy (non-hydrogen) atoms. The van der Waals surface area contributed by atoms with E-state index < -0.39 is 9.84 Å². The van der Waals surface area contributed by atoms with Gasteiger partial charge in [0.05, 0.1) is 24.7 Å². The Bertz CT molecular complexity index is 458. The van der Waals surface area contributed by atoms with Gasteiger partial charge in [-0.3, -0.25) is 0 Å². The minimum atomic E-state index is -2.87. The first-order valence-electron chi connectivity index (χ1n) is 4.85. The van der Waals surface area contributed by atoms with Crippen LogP contribution in [0.15, 0.2) is 5.16 Å². The normalized spacial score (nSPS) is 23.7. The van der Waals surface area contributed by atoms with E-state index in [1.807, 2.05) is 0 Å². The number of rotatable bonds is 4. The molecule has 0 amide bonds. The zero-order valence-corrected chi connectivity index (χ0v) is 10.1. The smallest absolute Gasteiger partial charge is 0.209 e. The highest BCUT2D eigenvalue weighted by Gasteiger charge is 2.29. The fourth-order valence-electron chi connectivity index (χ4n) is 1.52. The van der Waals surface area contributed by atoms with Crippen molar-refractivity contribution in [3.05, 3.63) is 0 Å². The Morgan fingerprint density at radius 2 is 2.38 bits per heavy atom. The predicted octanol–water partition coefficient (Wildman–Crippen LogP) is -1.06. The number of tetrazole rings is 1. The van der Waals surface area contributed by atoms with Crippen molar-refractivity contribution in [3.8, 4) is 0 Å². The zero-order valence-electron chi connectivity index (χ0n) is 8.48. The summed E-state index contributed by atoms with van der Waals surface area (Å²) in [5.74, 6) is 0.426. The lowest BCUT2D eigenvalue weighted by Gasteiger charge is -2.06. The van der Waals surface area contributed by atoms with Gasteiger partial charge in [0.2, 0.25) is 5.16 Å². The third-order valence-corrected chi connectivity index (χ3v) is 5.49. The summed E-state index contributed by atoms with van der Waals surface area (Å²) in [5, 5.41) is 20.4. The molecular weight excluding hydrogens is 252 g/mol. The molecule has 1 aromatic heterocycles. The van der Waals surface area contributed by atoms with E-state index in [2.05, 4.69) is 15.5 Å². The molecule has 0 aromatic carbocycles. The Hall–Kier alpha value is -0.670. The van der Waals surface area contributed by atoms with Crippen LogP contribution in [0, 0.1) is 0 Å². The molecular formula is C7H12N4O3S2. The van der Waals surface area contributed by atoms with Gasteiger partial charge in [-0.2, -0.15) is 0 Å². The van der Waals surface area contributed by atoms with E-state index >= 15 is 0 Å². The third kappa shape index (κ3) is 2.71. The van der Waals surface area contributed by atoms with Crippen LogP contribution >= 0.6 is 11.8 Å². The van der Waals surface area contributed by atoms with E-state index in [4.69, 9.17) is 5.11 Å². The molecule has 0 spiro atoms. The van der Waals surface area contributed by atoms with Gasteiger partial charge in [0.25, 0.3) is 0 Å². The molecule has 0 saturated carbocycles. The lowest BCUT2D eigenvalue weighted by molar-refractivity contribution is 0.262. The maximum absolute atomic E-state index is 11.3. The average Bonchev–Trinajstić information content (AvgIpc) is 2.76. The Labute approximate surface area is 97.1 Å². The van der Waals surface area contributed by atoms with E-state index in [9.17, 15) is 8.42 Å². The van der Waals surface area contributed by atoms with Crippen LogP contribution in [0.5, 0.6) is 0 Å². The minimum Gasteiger partial charge on any atom is -0.394 e. The third-order valence-electron chi connectivity index (χ3n) is 2.27. The second kappa shape index (κ2) is 4.68. The summed E-state index contributed by atoms with van der Waals surface area (Å²) in [6.45, 7) is 0.288. The van der Waals surface area contributed by atoms with Crippen LogP contribution in [0.3, 0.4) is 0 Å². The number of sulfone groups is 1. The minimum absolute atomic E-state index is 0.0217. The summed E-state index contributed by atoms with van der Waals surface area (Å²) in [6, 6.07) is 0. The summed E-state index contributed by atoms with van der Waals surface area (Å²) in [7, 11) is -2.87. The molecule has 1 fully saturated rings. The van der Waals surface area contributed by atoms with Crippen molar-refractivity contribution >= 4 is 21.6 Å². The summed E-state index contributed by atoms with van der Waals surface area (Å²) in [4.78, 5) is 0. The van der Waals surface area contributed by atoms with Crippen LogP contribution in [0.1, 0.15) is 6.42 Å². The number of thioether (sulfide) groups is 1. The van der Waals surface area contributed by atoms with Crippen molar-refractivity contribution in [3.63, 3.8) is 0 Å². The van der Waals surface area contributed by atoms with Crippen molar-refractivity contribution in [2.24, 2.45) is 0 Å². The molecule has 7 nitrogen and oxygen atoms in total. The Morgan fingerprint density at radius 1 is 1.56 bits per heavy atom. The van der Waals surface area contributed by atoms with E-state index in [1.165, 1.54) is 16.4 Å². The van der Waals surface area contributed by atoms with Gasteiger partial charge in [-0.15, -0.1) is 5.10 Å². The molecule has 0 bridgehead atoms. The van der Waals surface area contributed by atoms with E-state index in [0.29, 0.717) is 18.1 Å². The van der Waals surface area contributed by atoms with Gasteiger partial charge < -0.3 is 5.11 Å². The summed E-state index contributed by atoms with van der Waals surface area (Å²) in [6.07, 6.45) is 0.638. The van der Waals surface area contributed by atoms with Crippen molar-refractivity contribution in [2.75, 3.05) is 18.1 Å². The highest BCUT2D eigenvalue weighted by molar-refractivity contribution is 8.01. The maximum atomic E-state index is 11.3. The first-order chi connectivity index (χ1) is 7.61. The van der Waals surface area contributed by atoms with Gasteiger partial charge in [-0.1, -0.05) is 11.8 Å². The van der Waals surface area contributed by atoms with Crippen LogP contribution in [0.2, 0.25) is 0 Å². The molecule has 1 N–H and O–H groups in total. The van der Waals surface area contributed by atoms with E-state index in [0.717, 1.165) is 0 Å². The van der Waals surface area contributed by atoms with Gasteiger partial charge in [0, 0.05) is 5.25 Å². The largest absolute Gasteiger partial charge is 0.394 e. The first kappa shape index (κ1) is 11.8. The van der Waals surface area contributed by atoms with Gasteiger partial charge in [0.15, 0.2) is 9.84 Å². The number of aliphatic hydroxyl groups excluding tert-OH is 1. The molecule has 2 rings (SSSR count). The van der Waals surface area contributed by atoms with Crippen LogP contribution < -0.4 is 0 Å². The second-order valence-electron chi connectivity index (χ2n) is 3.55. The SMILES string of the molecule is O=S1(=O)CCC(Sc2nnnn2CCO)C1. The highest BCUT2D eigenvalue weighted by atomic mass is 32.2. The number of hydrogen-bond acceptors (Lipinski definition) is 7. The molecule has 1 saturated heterocycles. The lowest BCUT2D eigenvalue weighted by atomic mass is 10.4. The second-order valence-corrected chi connectivity index (χ2v) is 7.05. The highest BCUT2D eigenvalue weighted by Crippen LogP contribution is 2.28. The van der Waals surface area contributed by atoms with Crippen molar-refractivity contribution in [2.45, 2.75) is 23.4 Å². The van der Waals surface area contributed by atoms with Gasteiger partial charge >= 0.3 is 0 Å². The van der Waals surface area contributed by atoms with Gasteiger partial charge in [-0.05, 0) is 16.8 Å². The van der Waals surface area contributed by atoms with Crippen molar-refractivity contribution in [1.82, 2.24) is 20.2 Å². The van der Waals surface area contributed by atoms with Crippen LogP contribution in [0.4, 0.5) is 0 Å². The van der Waals surface area contributed by atoms with E-state index in [1.54, 1.807) is 0 Å². The predicted molar refractivity (Wildman–Crippen MR) is 57.8 cm³/mol. The monoisotopic (exact) mass is 264 g/mol. The zero-order chi connectivity index (χ0) is 11.6. The molecule has 2 heterocycles. The summed E-state index contributed by atoms with van der Waals surface area (Å²) < 4.78 is 24.0. The van der Waals surface area contributed by atoms with Gasteiger partial charge in [0.1, 0.15) is 0 Å². The molecule has 0 aliphatic carbocycles. The summed E-state index contributed by atoms with van der Waals surface area (Å²) >= 11 is 1.36. The first-order valence-corrected chi connectivity index (χ1v) is 7.55. The maximum Gasteiger partial charge on any atom is 0.209 e. The van der Waals surface area contributed by atoms with Crippen molar-refractivity contribution in [1.29, 1.82) is 0 Å². The van der Waals surface area contributed by atoms with Crippen LogP contribution in [0.25, 0.3) is 0 Å². The molecule has 1 aliphatic rings. The van der Waals surface area contributed by atoms with Crippen molar-refractivity contribution < 1.29 is 13.5 Å². The molecule has 1 unspecified atom stereocenters. The number of nitrogens with zero attached hydrogens (tertiary/aromatic N) is 4. The van der Waals surface area contributed by atoms with Gasteiger partial charge in [-0.25, -0.2) is 13.1 Å². The topological polar surface area (TPSA) is 98.0 Å². The number of aliphatic hydroxyl groups is 1. The fraction of sp³-hybridized carbons (Fsp3) is 0.857. The molecule has 90 valence electrons. The molecule has 9 heteroatoms. The standard InChI is InChI=1S/C7H12N4O3S2/c12-3-2-11-7(8-9-10-11)15-6-1-4-16(13,14)5-6/h6,12H,1-5H2. The Morgan fingerprint density at radius 3 is 3.00 bits per heavy atom. The van der Waals surface area contributed by atoms with Crippen LogP contribution in [-0.2, 0) is 16.4 Å². The fourth-order valence-corrected chi connectivity index (χ4v) is 4.97. The average molecular weight is 264 g/mol. The number of aromatic nitrogens is 4. The lowest BCUT2D eigenvalue weighted by Crippen LogP contribution is -2.10. The van der Waals surface area contributed by atoms with Crippen LogP contribution in [-0.4, -0.2) is 57.1 Å². The molecule has 1 aliphatic heterocycles. The quantitative estimate of drug-likeness (QED) is 0.740. The molecule has 0 radical (unpaired) electrons. The molecule has 1 atom stereocenters.